The van der Waals surface area contributed by atoms with Gasteiger partial charge in [-0.15, -0.1) is 0 Å². The molecule has 3 heteroatoms. The molecule has 3 nitrogen and oxygen atoms in total. The summed E-state index contributed by atoms with van der Waals surface area (Å²) >= 11 is 0. The van der Waals surface area contributed by atoms with Crippen LogP contribution in [0, 0.1) is 5.92 Å². The van der Waals surface area contributed by atoms with Gasteiger partial charge in [-0.3, -0.25) is 0 Å². The quantitative estimate of drug-likeness (QED) is 0.373. The molecule has 2 rings (SSSR count). The molecule has 14 heavy (non-hydrogen) atoms. The summed E-state index contributed by atoms with van der Waals surface area (Å²) in [7, 11) is 1.62. The normalized spacial score (nSPS) is 32.5. The predicted molar refractivity (Wildman–Crippen MR) is 57.1 cm³/mol. The topological polar surface area (TPSA) is 24.6 Å². The number of rotatable bonds is 2. The highest BCUT2D eigenvalue weighted by molar-refractivity contribution is 5.63. The van der Waals surface area contributed by atoms with Gasteiger partial charge >= 0.3 is 0 Å². The second kappa shape index (κ2) is 4.58. The maximum absolute atomic E-state index is 4.77. The standard InChI is InChI=1S/C11H19N2O/c1-14-12-9-10-5-4-8-13-7-3-2-6-11(10)13/h8-11H,2-7H2,1H3/q+1/b12-9+/t10-,11+/m0/s1. The number of hydrogen-bond donors (Lipinski definition) is 0. The molecule has 0 aromatic carbocycles. The lowest BCUT2D eigenvalue weighted by Gasteiger charge is -2.28. The van der Waals surface area contributed by atoms with E-state index >= 15 is 0 Å². The van der Waals surface area contributed by atoms with Crippen LogP contribution in [0.15, 0.2) is 5.16 Å². The molecule has 2 atom stereocenters. The molecule has 0 spiro atoms. The van der Waals surface area contributed by atoms with Gasteiger partial charge in [0.1, 0.15) is 19.9 Å². The summed E-state index contributed by atoms with van der Waals surface area (Å²) in [5.41, 5.74) is 0. The van der Waals surface area contributed by atoms with Gasteiger partial charge in [0.25, 0.3) is 0 Å². The molecule has 0 N–H and O–H groups in total. The van der Waals surface area contributed by atoms with Crippen molar-refractivity contribution in [1.29, 1.82) is 0 Å². The van der Waals surface area contributed by atoms with Crippen LogP contribution in [0.3, 0.4) is 0 Å². The van der Waals surface area contributed by atoms with E-state index in [2.05, 4.69) is 15.9 Å². The minimum Gasteiger partial charge on any atom is -0.399 e. The second-order valence-electron chi connectivity index (χ2n) is 4.16. The third-order valence-electron chi connectivity index (χ3n) is 3.31. The minimum absolute atomic E-state index is 0.597. The SMILES string of the molecule is CO/N=C/[C@@H]1CCC=[N+]2CCCC[C@H]12. The van der Waals surface area contributed by atoms with Crippen molar-refractivity contribution >= 4 is 12.4 Å². The van der Waals surface area contributed by atoms with Crippen molar-refractivity contribution in [1.82, 2.24) is 0 Å². The van der Waals surface area contributed by atoms with Gasteiger partial charge in [0, 0.05) is 19.3 Å². The van der Waals surface area contributed by atoms with Gasteiger partial charge in [-0.1, -0.05) is 5.16 Å². The lowest BCUT2D eigenvalue weighted by Crippen LogP contribution is -2.41. The van der Waals surface area contributed by atoms with Gasteiger partial charge in [-0.05, 0) is 12.8 Å². The van der Waals surface area contributed by atoms with E-state index in [9.17, 15) is 0 Å². The first-order valence-electron chi connectivity index (χ1n) is 5.57. The van der Waals surface area contributed by atoms with Crippen LogP contribution >= 0.6 is 0 Å². The zero-order chi connectivity index (χ0) is 9.80. The molecule has 1 saturated heterocycles. The molecule has 0 unspecified atom stereocenters. The first-order chi connectivity index (χ1) is 6.92. The van der Waals surface area contributed by atoms with Crippen LogP contribution in [0.2, 0.25) is 0 Å². The van der Waals surface area contributed by atoms with E-state index in [1.165, 1.54) is 38.6 Å². The number of oxime groups is 1. The van der Waals surface area contributed by atoms with Gasteiger partial charge in [0.15, 0.2) is 6.04 Å². The van der Waals surface area contributed by atoms with Crippen molar-refractivity contribution in [3.05, 3.63) is 0 Å². The van der Waals surface area contributed by atoms with E-state index in [4.69, 9.17) is 4.84 Å². The Kier molecular flexibility index (Phi) is 3.17. The largest absolute Gasteiger partial charge is 0.399 e. The van der Waals surface area contributed by atoms with Crippen LogP contribution in [0.4, 0.5) is 0 Å². The molecule has 0 bridgehead atoms. The van der Waals surface area contributed by atoms with Gasteiger partial charge in [-0.2, -0.15) is 0 Å². The fraction of sp³-hybridized carbons (Fsp3) is 0.818. The Morgan fingerprint density at radius 1 is 1.43 bits per heavy atom. The number of nitrogens with zero attached hydrogens (tertiary/aromatic N) is 2. The zero-order valence-electron chi connectivity index (χ0n) is 8.85. The Morgan fingerprint density at radius 2 is 2.36 bits per heavy atom. The first-order valence-corrected chi connectivity index (χ1v) is 5.57. The lowest BCUT2D eigenvalue weighted by atomic mass is 9.86. The Balaban J connectivity index is 2.05. The molecular formula is C11H19N2O+. The van der Waals surface area contributed by atoms with Crippen molar-refractivity contribution < 1.29 is 9.41 Å². The maximum atomic E-state index is 4.77. The molecule has 2 aliphatic rings. The Bertz CT molecular complexity index is 248. The van der Waals surface area contributed by atoms with E-state index in [0.717, 1.165) is 0 Å². The van der Waals surface area contributed by atoms with Gasteiger partial charge in [0.2, 0.25) is 0 Å². The van der Waals surface area contributed by atoms with Crippen molar-refractivity contribution in [2.75, 3.05) is 13.7 Å². The average Bonchev–Trinajstić information content (AvgIpc) is 2.26. The van der Waals surface area contributed by atoms with Gasteiger partial charge in [-0.25, -0.2) is 4.58 Å². The molecular weight excluding hydrogens is 176 g/mol. The Hall–Kier alpha value is -0.860. The van der Waals surface area contributed by atoms with Gasteiger partial charge in [0.05, 0.1) is 12.1 Å². The lowest BCUT2D eigenvalue weighted by molar-refractivity contribution is -0.582. The van der Waals surface area contributed by atoms with Gasteiger partial charge < -0.3 is 4.84 Å². The summed E-state index contributed by atoms with van der Waals surface area (Å²) in [6.45, 7) is 1.24. The van der Waals surface area contributed by atoms with Crippen LogP contribution in [-0.4, -0.2) is 36.7 Å². The highest BCUT2D eigenvalue weighted by atomic mass is 16.6. The summed E-state index contributed by atoms with van der Waals surface area (Å²) in [6.07, 6.45) is 10.8. The van der Waals surface area contributed by atoms with E-state index in [1.807, 2.05) is 6.21 Å². The molecule has 78 valence electrons. The molecule has 0 aromatic rings. The third kappa shape index (κ3) is 1.97. The predicted octanol–water partition coefficient (Wildman–Crippen LogP) is 1.66. The summed E-state index contributed by atoms with van der Waals surface area (Å²) in [5, 5.41) is 3.92. The van der Waals surface area contributed by atoms with Crippen LogP contribution in [0.5, 0.6) is 0 Å². The Morgan fingerprint density at radius 3 is 3.21 bits per heavy atom. The molecule has 0 aromatic heterocycles. The fourth-order valence-electron chi connectivity index (χ4n) is 2.60. The van der Waals surface area contributed by atoms with Crippen molar-refractivity contribution in [3.63, 3.8) is 0 Å². The zero-order valence-corrected chi connectivity index (χ0v) is 8.85. The highest BCUT2D eigenvalue weighted by Crippen LogP contribution is 2.25. The van der Waals surface area contributed by atoms with Crippen LogP contribution in [0.1, 0.15) is 32.1 Å². The van der Waals surface area contributed by atoms with Crippen molar-refractivity contribution in [3.8, 4) is 0 Å². The smallest absolute Gasteiger partial charge is 0.160 e. The van der Waals surface area contributed by atoms with Crippen LogP contribution in [0.25, 0.3) is 0 Å². The van der Waals surface area contributed by atoms with Crippen LogP contribution < -0.4 is 0 Å². The number of fused-ring (bicyclic) bond motifs is 1. The third-order valence-corrected chi connectivity index (χ3v) is 3.31. The summed E-state index contributed by atoms with van der Waals surface area (Å²) in [6, 6.07) is 0.691. The average molecular weight is 195 g/mol. The Labute approximate surface area is 85.4 Å². The minimum atomic E-state index is 0.597. The molecule has 0 aliphatic carbocycles. The van der Waals surface area contributed by atoms with Crippen LogP contribution in [-0.2, 0) is 4.84 Å². The summed E-state index contributed by atoms with van der Waals surface area (Å²) < 4.78 is 2.51. The van der Waals surface area contributed by atoms with Crippen molar-refractivity contribution in [2.24, 2.45) is 11.1 Å². The van der Waals surface area contributed by atoms with E-state index < -0.39 is 0 Å². The summed E-state index contributed by atoms with van der Waals surface area (Å²) in [5.74, 6) is 0.597. The van der Waals surface area contributed by atoms with E-state index in [-0.39, 0.29) is 0 Å². The monoisotopic (exact) mass is 195 g/mol. The molecule has 2 heterocycles. The molecule has 0 amide bonds. The summed E-state index contributed by atoms with van der Waals surface area (Å²) in [4.78, 5) is 4.77. The van der Waals surface area contributed by atoms with Crippen molar-refractivity contribution in [2.45, 2.75) is 38.1 Å². The molecule has 1 fully saturated rings. The molecule has 2 aliphatic heterocycles. The van der Waals surface area contributed by atoms with E-state index in [1.54, 1.807) is 7.11 Å². The highest BCUT2D eigenvalue weighted by Gasteiger charge is 2.34. The molecule has 0 radical (unpaired) electrons. The first kappa shape index (κ1) is 9.69. The van der Waals surface area contributed by atoms with E-state index in [0.29, 0.717) is 12.0 Å². The number of hydrogen-bond acceptors (Lipinski definition) is 2. The molecule has 0 saturated carbocycles. The maximum Gasteiger partial charge on any atom is 0.160 e. The number of piperidine rings is 1. The second-order valence-corrected chi connectivity index (χ2v) is 4.16. The fourth-order valence-corrected chi connectivity index (χ4v) is 2.60.